The Morgan fingerprint density at radius 1 is 1.33 bits per heavy atom. The van der Waals surface area contributed by atoms with E-state index in [-0.39, 0.29) is 12.1 Å². The predicted molar refractivity (Wildman–Crippen MR) is 88.1 cm³/mol. The molecule has 0 amide bonds. The van der Waals surface area contributed by atoms with Crippen molar-refractivity contribution in [1.82, 2.24) is 14.8 Å². The van der Waals surface area contributed by atoms with Crippen molar-refractivity contribution in [3.8, 4) is 0 Å². The molecule has 0 aliphatic heterocycles. The van der Waals surface area contributed by atoms with Crippen LogP contribution in [-0.2, 0) is 0 Å². The normalized spacial score (nSPS) is 20.3. The van der Waals surface area contributed by atoms with Gasteiger partial charge >= 0.3 is 0 Å². The van der Waals surface area contributed by atoms with Crippen LogP contribution in [0, 0.1) is 0 Å². The summed E-state index contributed by atoms with van der Waals surface area (Å²) in [5.74, 6) is 0. The van der Waals surface area contributed by atoms with E-state index in [0.717, 1.165) is 13.0 Å². The van der Waals surface area contributed by atoms with Crippen molar-refractivity contribution >= 4 is 0 Å². The van der Waals surface area contributed by atoms with Gasteiger partial charge in [0.05, 0.1) is 6.04 Å². The zero-order valence-electron chi connectivity index (χ0n) is 13.9. The second kappa shape index (κ2) is 6.86. The van der Waals surface area contributed by atoms with Crippen LogP contribution in [0.1, 0.15) is 44.2 Å². The van der Waals surface area contributed by atoms with Gasteiger partial charge in [0.1, 0.15) is 0 Å². The van der Waals surface area contributed by atoms with Gasteiger partial charge in [-0.25, -0.2) is 0 Å². The van der Waals surface area contributed by atoms with Crippen LogP contribution in [0.5, 0.6) is 0 Å². The molecule has 0 radical (unpaired) electrons. The highest BCUT2D eigenvalue weighted by Gasteiger charge is 2.41. The molecule has 1 aromatic rings. The van der Waals surface area contributed by atoms with Gasteiger partial charge in [0, 0.05) is 30.5 Å². The first-order chi connectivity index (χ1) is 10.00. The van der Waals surface area contributed by atoms with Crippen molar-refractivity contribution in [1.29, 1.82) is 0 Å². The molecule has 0 spiro atoms. The van der Waals surface area contributed by atoms with Gasteiger partial charge in [-0.05, 0) is 58.5 Å². The Hall–Kier alpha value is -0.970. The number of nitrogens with two attached hydrogens (primary N) is 1. The van der Waals surface area contributed by atoms with E-state index in [0.29, 0.717) is 5.54 Å². The highest BCUT2D eigenvalue weighted by molar-refractivity contribution is 5.17. The molecule has 4 nitrogen and oxygen atoms in total. The van der Waals surface area contributed by atoms with E-state index in [2.05, 4.69) is 48.9 Å². The van der Waals surface area contributed by atoms with Crippen LogP contribution < -0.4 is 5.73 Å². The standard InChI is InChI=1S/C17H30N4/c1-5-15(18)16(14-8-6-11-19-12-14)21(4)13-17(20(2)3)9-7-10-17/h6,8,11-12,15-16H,5,7,9-10,13,18H2,1-4H3. The second-order valence-corrected chi connectivity index (χ2v) is 6.69. The Balaban J connectivity index is 2.17. The van der Waals surface area contributed by atoms with Gasteiger partial charge in [-0.1, -0.05) is 13.0 Å². The van der Waals surface area contributed by atoms with E-state index in [1.54, 1.807) is 0 Å². The van der Waals surface area contributed by atoms with Crippen LogP contribution in [0.4, 0.5) is 0 Å². The lowest BCUT2D eigenvalue weighted by Gasteiger charge is -2.51. The van der Waals surface area contributed by atoms with E-state index < -0.39 is 0 Å². The Kier molecular flexibility index (Phi) is 5.36. The summed E-state index contributed by atoms with van der Waals surface area (Å²) in [4.78, 5) is 9.11. The average Bonchev–Trinajstić information content (AvgIpc) is 2.43. The number of pyridine rings is 1. The largest absolute Gasteiger partial charge is 0.326 e. The lowest BCUT2D eigenvalue weighted by Crippen LogP contribution is -2.58. The van der Waals surface area contributed by atoms with Gasteiger partial charge in [0.2, 0.25) is 0 Å². The molecule has 0 bridgehead atoms. The smallest absolute Gasteiger partial charge is 0.0512 e. The molecule has 2 rings (SSSR count). The minimum absolute atomic E-state index is 0.137. The molecule has 118 valence electrons. The summed E-state index contributed by atoms with van der Waals surface area (Å²) in [5.41, 5.74) is 7.97. The van der Waals surface area contributed by atoms with Crippen molar-refractivity contribution in [2.45, 2.75) is 50.2 Å². The minimum Gasteiger partial charge on any atom is -0.326 e. The third kappa shape index (κ3) is 3.44. The fourth-order valence-electron chi connectivity index (χ4n) is 3.50. The van der Waals surface area contributed by atoms with Crippen molar-refractivity contribution < 1.29 is 0 Å². The first-order valence-electron chi connectivity index (χ1n) is 8.03. The molecular formula is C17H30N4. The van der Waals surface area contributed by atoms with E-state index in [1.165, 1.54) is 24.8 Å². The zero-order chi connectivity index (χ0) is 15.5. The highest BCUT2D eigenvalue weighted by atomic mass is 15.2. The predicted octanol–water partition coefficient (Wildman–Crippen LogP) is 2.28. The zero-order valence-corrected chi connectivity index (χ0v) is 13.9. The highest BCUT2D eigenvalue weighted by Crippen LogP contribution is 2.38. The molecule has 0 saturated heterocycles. The Labute approximate surface area is 129 Å². The third-order valence-electron chi connectivity index (χ3n) is 5.15. The molecular weight excluding hydrogens is 260 g/mol. The summed E-state index contributed by atoms with van der Waals surface area (Å²) in [6.07, 6.45) is 8.66. The number of likely N-dealkylation sites (N-methyl/N-ethyl adjacent to an activating group) is 2. The molecule has 1 aromatic heterocycles. The number of hydrogen-bond acceptors (Lipinski definition) is 4. The van der Waals surface area contributed by atoms with Crippen molar-refractivity contribution in [3.05, 3.63) is 30.1 Å². The molecule has 21 heavy (non-hydrogen) atoms. The van der Waals surface area contributed by atoms with Gasteiger partial charge in [-0.2, -0.15) is 0 Å². The minimum atomic E-state index is 0.137. The molecule has 1 aliphatic carbocycles. The molecule has 1 heterocycles. The number of hydrogen-bond donors (Lipinski definition) is 1. The first-order valence-corrected chi connectivity index (χ1v) is 8.03. The molecule has 4 heteroatoms. The summed E-state index contributed by atoms with van der Waals surface area (Å²) in [6, 6.07) is 4.52. The fourth-order valence-corrected chi connectivity index (χ4v) is 3.50. The lowest BCUT2D eigenvalue weighted by atomic mass is 9.75. The first kappa shape index (κ1) is 16.4. The fraction of sp³-hybridized carbons (Fsp3) is 0.706. The van der Waals surface area contributed by atoms with Crippen molar-refractivity contribution in [3.63, 3.8) is 0 Å². The molecule has 0 aromatic carbocycles. The van der Waals surface area contributed by atoms with Crippen LogP contribution in [0.3, 0.4) is 0 Å². The second-order valence-electron chi connectivity index (χ2n) is 6.69. The monoisotopic (exact) mass is 290 g/mol. The maximum Gasteiger partial charge on any atom is 0.0512 e. The number of nitrogens with zero attached hydrogens (tertiary/aromatic N) is 3. The van der Waals surface area contributed by atoms with Gasteiger partial charge in [-0.3, -0.25) is 9.88 Å². The number of aromatic nitrogens is 1. The Bertz CT molecular complexity index is 428. The van der Waals surface area contributed by atoms with Gasteiger partial charge in [0.25, 0.3) is 0 Å². The molecule has 2 atom stereocenters. The van der Waals surface area contributed by atoms with Crippen molar-refractivity contribution in [2.75, 3.05) is 27.7 Å². The van der Waals surface area contributed by atoms with Crippen LogP contribution in [0.2, 0.25) is 0 Å². The van der Waals surface area contributed by atoms with Crippen LogP contribution in [0.25, 0.3) is 0 Å². The molecule has 2 unspecified atom stereocenters. The lowest BCUT2D eigenvalue weighted by molar-refractivity contribution is 0.0121. The molecule has 1 fully saturated rings. The quantitative estimate of drug-likeness (QED) is 0.837. The third-order valence-corrected chi connectivity index (χ3v) is 5.15. The van der Waals surface area contributed by atoms with E-state index in [4.69, 9.17) is 5.73 Å². The summed E-state index contributed by atoms with van der Waals surface area (Å²) < 4.78 is 0. The Morgan fingerprint density at radius 2 is 2.05 bits per heavy atom. The molecule has 1 saturated carbocycles. The van der Waals surface area contributed by atoms with Crippen molar-refractivity contribution in [2.24, 2.45) is 5.73 Å². The van der Waals surface area contributed by atoms with E-state index in [9.17, 15) is 0 Å². The maximum atomic E-state index is 6.42. The summed E-state index contributed by atoms with van der Waals surface area (Å²) in [7, 11) is 6.61. The average molecular weight is 290 g/mol. The van der Waals surface area contributed by atoms with Gasteiger partial charge < -0.3 is 10.6 Å². The summed E-state index contributed by atoms with van der Waals surface area (Å²) >= 11 is 0. The topological polar surface area (TPSA) is 45.4 Å². The SMILES string of the molecule is CCC(N)C(c1cccnc1)N(C)CC1(N(C)C)CCC1. The Morgan fingerprint density at radius 3 is 2.48 bits per heavy atom. The molecule has 2 N–H and O–H groups in total. The van der Waals surface area contributed by atoms with Gasteiger partial charge in [-0.15, -0.1) is 0 Å². The van der Waals surface area contributed by atoms with Crippen LogP contribution >= 0.6 is 0 Å². The van der Waals surface area contributed by atoms with E-state index >= 15 is 0 Å². The van der Waals surface area contributed by atoms with Crippen LogP contribution in [-0.4, -0.2) is 54.1 Å². The maximum absolute atomic E-state index is 6.42. The van der Waals surface area contributed by atoms with Crippen LogP contribution in [0.15, 0.2) is 24.5 Å². The molecule has 1 aliphatic rings. The number of rotatable bonds is 7. The van der Waals surface area contributed by atoms with Gasteiger partial charge in [0.15, 0.2) is 0 Å². The summed E-state index contributed by atoms with van der Waals surface area (Å²) in [6.45, 7) is 3.22. The summed E-state index contributed by atoms with van der Waals surface area (Å²) in [5, 5.41) is 0. The van der Waals surface area contributed by atoms with E-state index in [1.807, 2.05) is 18.5 Å².